The SMILES string of the molecule is COc1cccc(CN(Cc2cccc(OC)c2)C(=O)OCOc2cc(OCOC(=O)N(Cc3cccc(OC)c3)Cc3cccc(OC)c3)cc(N(C)C)c2)c1. The van der Waals surface area contributed by atoms with E-state index in [-0.39, 0.29) is 39.8 Å². The van der Waals surface area contributed by atoms with Crippen molar-refractivity contribution in [2.24, 2.45) is 0 Å². The number of amides is 2. The molecule has 0 aliphatic carbocycles. The lowest BCUT2D eigenvalue weighted by molar-refractivity contribution is 0.0292. The van der Waals surface area contributed by atoms with Crippen molar-refractivity contribution in [3.8, 4) is 34.5 Å². The number of benzene rings is 5. The van der Waals surface area contributed by atoms with Gasteiger partial charge in [-0.15, -0.1) is 0 Å². The Hall–Kier alpha value is -6.76. The lowest BCUT2D eigenvalue weighted by Crippen LogP contribution is -2.31. The van der Waals surface area contributed by atoms with Crippen LogP contribution in [0.15, 0.2) is 115 Å². The van der Waals surface area contributed by atoms with E-state index in [4.69, 9.17) is 37.9 Å². The Balaban J connectivity index is 1.23. The Labute approximate surface area is 333 Å². The van der Waals surface area contributed by atoms with Gasteiger partial charge in [-0.25, -0.2) is 9.59 Å². The zero-order valence-electron chi connectivity index (χ0n) is 33.1. The predicted molar refractivity (Wildman–Crippen MR) is 215 cm³/mol. The number of ether oxygens (including phenoxy) is 8. The molecule has 13 heteroatoms. The molecule has 0 bridgehead atoms. The third-order valence-corrected chi connectivity index (χ3v) is 8.74. The summed E-state index contributed by atoms with van der Waals surface area (Å²) in [6.07, 6.45) is -1.17. The van der Waals surface area contributed by atoms with E-state index in [0.717, 1.165) is 27.9 Å². The molecule has 57 heavy (non-hydrogen) atoms. The van der Waals surface area contributed by atoms with Crippen molar-refractivity contribution in [1.82, 2.24) is 9.80 Å². The van der Waals surface area contributed by atoms with Gasteiger partial charge in [-0.1, -0.05) is 48.5 Å². The van der Waals surface area contributed by atoms with Crippen LogP contribution in [0.4, 0.5) is 15.3 Å². The lowest BCUT2D eigenvalue weighted by Gasteiger charge is -2.23. The van der Waals surface area contributed by atoms with Gasteiger partial charge in [0.2, 0.25) is 13.6 Å². The average Bonchev–Trinajstić information content (AvgIpc) is 3.23. The van der Waals surface area contributed by atoms with Gasteiger partial charge in [-0.2, -0.15) is 0 Å². The van der Waals surface area contributed by atoms with Crippen LogP contribution >= 0.6 is 0 Å². The van der Waals surface area contributed by atoms with Gasteiger partial charge in [0, 0.05) is 64.2 Å². The monoisotopic (exact) mass is 779 g/mol. The van der Waals surface area contributed by atoms with Crippen molar-refractivity contribution in [2.45, 2.75) is 26.2 Å². The van der Waals surface area contributed by atoms with Gasteiger partial charge in [-0.3, -0.25) is 9.80 Å². The van der Waals surface area contributed by atoms with Crippen LogP contribution in [0.2, 0.25) is 0 Å². The van der Waals surface area contributed by atoms with Gasteiger partial charge in [0.25, 0.3) is 0 Å². The molecular weight excluding hydrogens is 730 g/mol. The third-order valence-electron chi connectivity index (χ3n) is 8.74. The molecule has 0 fully saturated rings. The third kappa shape index (κ3) is 12.6. The fourth-order valence-electron chi connectivity index (χ4n) is 5.79. The Kier molecular flexibility index (Phi) is 15.1. The Morgan fingerprint density at radius 2 is 0.754 bits per heavy atom. The van der Waals surface area contributed by atoms with Gasteiger partial charge in [0.1, 0.15) is 34.5 Å². The lowest BCUT2D eigenvalue weighted by atomic mass is 10.1. The molecule has 0 unspecified atom stereocenters. The van der Waals surface area contributed by atoms with E-state index in [9.17, 15) is 9.59 Å². The number of methoxy groups -OCH3 is 4. The first kappa shape index (κ1) is 41.4. The maximum atomic E-state index is 13.5. The number of carbonyl (C=O) groups is 2. The van der Waals surface area contributed by atoms with Gasteiger partial charge in [-0.05, 0) is 70.8 Å². The summed E-state index contributed by atoms with van der Waals surface area (Å²) in [6.45, 7) is 0.293. The van der Waals surface area contributed by atoms with Crippen LogP contribution in [-0.2, 0) is 35.7 Å². The molecule has 300 valence electrons. The summed E-state index contributed by atoms with van der Waals surface area (Å²) in [6, 6.07) is 35.1. The largest absolute Gasteiger partial charge is 0.497 e. The van der Waals surface area contributed by atoms with Crippen molar-refractivity contribution in [2.75, 3.05) is 61.0 Å². The summed E-state index contributed by atoms with van der Waals surface area (Å²) >= 11 is 0. The topological polar surface area (TPSA) is 118 Å². The van der Waals surface area contributed by atoms with E-state index in [0.29, 0.717) is 34.5 Å². The van der Waals surface area contributed by atoms with Crippen molar-refractivity contribution in [3.05, 3.63) is 138 Å². The Morgan fingerprint density at radius 1 is 0.439 bits per heavy atom. The molecule has 5 rings (SSSR count). The first-order chi connectivity index (χ1) is 27.7. The highest BCUT2D eigenvalue weighted by molar-refractivity contribution is 5.68. The van der Waals surface area contributed by atoms with Gasteiger partial charge < -0.3 is 42.8 Å². The maximum Gasteiger partial charge on any atom is 0.413 e. The van der Waals surface area contributed by atoms with Gasteiger partial charge in [0.15, 0.2) is 0 Å². The van der Waals surface area contributed by atoms with Crippen LogP contribution in [0, 0.1) is 0 Å². The van der Waals surface area contributed by atoms with Crippen molar-refractivity contribution < 1.29 is 47.5 Å². The van der Waals surface area contributed by atoms with E-state index >= 15 is 0 Å². The molecule has 0 aliphatic rings. The minimum absolute atomic E-state index is 0.260. The molecule has 0 aliphatic heterocycles. The van der Waals surface area contributed by atoms with Gasteiger partial charge >= 0.3 is 12.2 Å². The molecule has 0 aromatic heterocycles. The molecule has 2 amide bonds. The molecule has 0 spiro atoms. The summed E-state index contributed by atoms with van der Waals surface area (Å²) in [5, 5.41) is 0. The number of hydrogen-bond donors (Lipinski definition) is 0. The maximum absolute atomic E-state index is 13.5. The van der Waals surface area contributed by atoms with Gasteiger partial charge in [0.05, 0.1) is 28.4 Å². The Morgan fingerprint density at radius 3 is 1.04 bits per heavy atom. The molecular formula is C44H49N3O10. The molecule has 13 nitrogen and oxygen atoms in total. The fraction of sp³-hybridized carbons (Fsp3) is 0.273. The van der Waals surface area contributed by atoms with E-state index in [2.05, 4.69) is 0 Å². The summed E-state index contributed by atoms with van der Waals surface area (Å²) < 4.78 is 44.6. The van der Waals surface area contributed by atoms with E-state index in [1.807, 2.05) is 116 Å². The number of rotatable bonds is 19. The molecule has 0 N–H and O–H groups in total. The predicted octanol–water partition coefficient (Wildman–Crippen LogP) is 8.14. The first-order valence-electron chi connectivity index (χ1n) is 18.1. The second kappa shape index (κ2) is 20.8. The highest BCUT2D eigenvalue weighted by Gasteiger charge is 2.20. The quantitative estimate of drug-likeness (QED) is 0.0757. The minimum atomic E-state index is -0.583. The zero-order chi connectivity index (χ0) is 40.6. The van der Waals surface area contributed by atoms with E-state index in [1.165, 1.54) is 0 Å². The highest BCUT2D eigenvalue weighted by atomic mass is 16.7. The smallest absolute Gasteiger partial charge is 0.413 e. The number of carbonyl (C=O) groups excluding carboxylic acids is 2. The fourth-order valence-corrected chi connectivity index (χ4v) is 5.79. The zero-order valence-corrected chi connectivity index (χ0v) is 33.1. The van der Waals surface area contributed by atoms with Crippen LogP contribution in [0.25, 0.3) is 0 Å². The first-order valence-corrected chi connectivity index (χ1v) is 18.1. The van der Waals surface area contributed by atoms with Crippen LogP contribution in [0.5, 0.6) is 34.5 Å². The van der Waals surface area contributed by atoms with Crippen LogP contribution in [0.1, 0.15) is 22.3 Å². The van der Waals surface area contributed by atoms with Crippen molar-refractivity contribution >= 4 is 17.9 Å². The highest BCUT2D eigenvalue weighted by Crippen LogP contribution is 2.28. The minimum Gasteiger partial charge on any atom is -0.497 e. The summed E-state index contributed by atoms with van der Waals surface area (Å²) in [4.78, 5) is 32.0. The molecule has 5 aromatic carbocycles. The second-order valence-electron chi connectivity index (χ2n) is 13.0. The molecule has 5 aromatic rings. The molecule has 0 saturated heterocycles. The summed E-state index contributed by atoms with van der Waals surface area (Å²) in [7, 11) is 10.1. The van der Waals surface area contributed by atoms with Crippen LogP contribution in [0.3, 0.4) is 0 Å². The van der Waals surface area contributed by atoms with E-state index in [1.54, 1.807) is 56.4 Å². The summed E-state index contributed by atoms with van der Waals surface area (Å²) in [5.74, 6) is 3.46. The van der Waals surface area contributed by atoms with Crippen LogP contribution in [-0.4, -0.2) is 78.1 Å². The Bertz CT molecular complexity index is 1840. The average molecular weight is 780 g/mol. The second-order valence-corrected chi connectivity index (χ2v) is 13.0. The molecule has 0 atom stereocenters. The van der Waals surface area contributed by atoms with Crippen molar-refractivity contribution in [3.63, 3.8) is 0 Å². The van der Waals surface area contributed by atoms with Crippen molar-refractivity contribution in [1.29, 1.82) is 0 Å². The molecule has 0 heterocycles. The van der Waals surface area contributed by atoms with Crippen LogP contribution < -0.4 is 33.3 Å². The number of anilines is 1. The molecule has 0 saturated carbocycles. The number of hydrogen-bond acceptors (Lipinski definition) is 11. The number of nitrogens with zero attached hydrogens (tertiary/aromatic N) is 3. The standard InChI is InChI=1S/C44H49N3O10/c1-45(2)36-23-41(54-30-56-43(48)46(26-32-11-7-15-37(19-32)50-3)27-33-12-8-16-38(20-33)51-4)25-42(24-36)55-31-57-44(49)47(28-34-13-9-17-39(21-34)52-5)29-35-14-10-18-40(22-35)53-6/h7-25H,26-31H2,1-6H3. The molecule has 0 radical (unpaired) electrons. The normalized spacial score (nSPS) is 10.5. The summed E-state index contributed by atoms with van der Waals surface area (Å²) in [5.41, 5.74) is 4.19. The van der Waals surface area contributed by atoms with E-state index < -0.39 is 12.2 Å².